The van der Waals surface area contributed by atoms with Gasteiger partial charge >= 0.3 is 0 Å². The van der Waals surface area contributed by atoms with Crippen molar-refractivity contribution in [2.75, 3.05) is 27.7 Å². The van der Waals surface area contributed by atoms with Gasteiger partial charge in [0.05, 0.1) is 11.6 Å². The van der Waals surface area contributed by atoms with Crippen LogP contribution in [0.1, 0.15) is 56.7 Å². The van der Waals surface area contributed by atoms with Gasteiger partial charge in [-0.1, -0.05) is 26.8 Å². The van der Waals surface area contributed by atoms with Gasteiger partial charge in [0.15, 0.2) is 17.2 Å². The van der Waals surface area contributed by atoms with Crippen LogP contribution in [-0.4, -0.2) is 85.1 Å². The van der Waals surface area contributed by atoms with Crippen molar-refractivity contribution < 1.29 is 34.8 Å². The highest BCUT2D eigenvalue weighted by molar-refractivity contribution is 14.1. The van der Waals surface area contributed by atoms with E-state index in [0.717, 1.165) is 24.1 Å². The van der Waals surface area contributed by atoms with Crippen LogP contribution in [0.2, 0.25) is 0 Å². The van der Waals surface area contributed by atoms with Crippen LogP contribution in [0, 0.1) is 17.3 Å². The molecule has 3 aliphatic carbocycles. The third kappa shape index (κ3) is 5.12. The van der Waals surface area contributed by atoms with E-state index in [9.17, 15) is 34.8 Å². The van der Waals surface area contributed by atoms with E-state index in [1.165, 1.54) is 6.07 Å². The fraction of sp³-hybridized carbons (Fsp3) is 0.567. The number of aromatic hydroxyl groups is 1. The Balaban J connectivity index is 1.87. The van der Waals surface area contributed by atoms with Gasteiger partial charge in [-0.15, -0.1) is 0 Å². The van der Waals surface area contributed by atoms with Crippen molar-refractivity contribution >= 4 is 46.0 Å². The lowest BCUT2D eigenvalue weighted by atomic mass is 9.57. The molecule has 0 unspecified atom stereocenters. The number of fused-ring (bicyclic) bond motifs is 3. The van der Waals surface area contributed by atoms with Gasteiger partial charge in [0.25, 0.3) is 0 Å². The molecule has 4 N–H and O–H groups in total. The Labute approximate surface area is 249 Å². The molecule has 0 aromatic heterocycles. The minimum Gasteiger partial charge on any atom is -0.508 e. The molecule has 0 aliphatic heterocycles. The number of halogens is 1. The van der Waals surface area contributed by atoms with Gasteiger partial charge in [-0.25, -0.2) is 0 Å². The van der Waals surface area contributed by atoms with Crippen LogP contribution in [0.3, 0.4) is 0 Å². The number of aliphatic hydroxyl groups is 3. The third-order valence-corrected chi connectivity index (χ3v) is 8.82. The van der Waals surface area contributed by atoms with Crippen LogP contribution in [0.4, 0.5) is 0 Å². The van der Waals surface area contributed by atoms with Gasteiger partial charge in [-0.2, -0.15) is 0 Å². The summed E-state index contributed by atoms with van der Waals surface area (Å²) in [6.45, 7) is 6.29. The Morgan fingerprint density at radius 2 is 1.77 bits per heavy atom. The van der Waals surface area contributed by atoms with E-state index >= 15 is 0 Å². The molecule has 4 atom stereocenters. The van der Waals surface area contributed by atoms with Crippen LogP contribution in [0.15, 0.2) is 29.0 Å². The number of likely N-dealkylation sites (N-methyl/N-ethyl adjacent to an activating group) is 1. The smallest absolute Gasteiger partial charge is 0.202 e. The lowest BCUT2D eigenvalue weighted by Gasteiger charge is -2.50. The summed E-state index contributed by atoms with van der Waals surface area (Å²) in [7, 11) is 5.25. The standard InChI is InChI=1S/C30H39IN2O7/c1-29(2,3)14-20(35)23-26(37)24(32(4)5)18-13-16-12-17-15(8-7-11-33(6)31)9-10-19(34)22(17)25(36)21(16)27(38)30(18,40)28(23)39/h9-10,16,18,24,34,36,39-40H,7-8,11-14H2,1-6H3/t16-,18-,24-,30-/m0/s1. The molecule has 1 saturated carbocycles. The molecule has 1 aromatic carbocycles. The number of aliphatic hydroxyl groups excluding tert-OH is 2. The largest absolute Gasteiger partial charge is 0.508 e. The molecule has 218 valence electrons. The summed E-state index contributed by atoms with van der Waals surface area (Å²) in [6, 6.07) is 2.29. The summed E-state index contributed by atoms with van der Waals surface area (Å²) in [5.74, 6) is -5.33. The van der Waals surface area contributed by atoms with Crippen LogP contribution in [0.25, 0.3) is 5.76 Å². The second kappa shape index (κ2) is 10.8. The number of ketones is 3. The summed E-state index contributed by atoms with van der Waals surface area (Å²) in [4.78, 5) is 42.7. The summed E-state index contributed by atoms with van der Waals surface area (Å²) < 4.78 is 2.04. The van der Waals surface area contributed by atoms with Crippen LogP contribution >= 0.6 is 22.9 Å². The van der Waals surface area contributed by atoms with Crippen molar-refractivity contribution in [1.82, 2.24) is 8.01 Å². The number of hydrogen-bond donors (Lipinski definition) is 4. The predicted molar refractivity (Wildman–Crippen MR) is 159 cm³/mol. The van der Waals surface area contributed by atoms with E-state index in [1.54, 1.807) is 19.0 Å². The molecule has 9 nitrogen and oxygen atoms in total. The first-order chi connectivity index (χ1) is 18.5. The van der Waals surface area contributed by atoms with Gasteiger partial charge in [0.2, 0.25) is 5.78 Å². The minimum atomic E-state index is -2.57. The number of hydrogen-bond acceptors (Lipinski definition) is 9. The zero-order valence-corrected chi connectivity index (χ0v) is 26.1. The van der Waals surface area contributed by atoms with Crippen LogP contribution < -0.4 is 0 Å². The van der Waals surface area contributed by atoms with Gasteiger partial charge < -0.3 is 20.4 Å². The van der Waals surface area contributed by atoms with Crippen molar-refractivity contribution in [3.05, 3.63) is 45.7 Å². The Hall–Kier alpha value is -2.28. The number of Topliss-reactive ketones (excluding diaryl/α,β-unsaturated/α-hetero) is 3. The average Bonchev–Trinajstić information content (AvgIpc) is 2.81. The molecule has 0 saturated heterocycles. The number of nitrogens with zero attached hydrogens (tertiary/aromatic N) is 2. The number of phenols is 1. The lowest BCUT2D eigenvalue weighted by molar-refractivity contribution is -0.153. The number of aryl methyl sites for hydroxylation is 1. The molecule has 0 spiro atoms. The van der Waals surface area contributed by atoms with Crippen molar-refractivity contribution in [3.8, 4) is 5.75 Å². The second-order valence-corrected chi connectivity index (χ2v) is 14.4. The van der Waals surface area contributed by atoms with E-state index in [2.05, 4.69) is 22.9 Å². The van der Waals surface area contributed by atoms with Crippen molar-refractivity contribution in [3.63, 3.8) is 0 Å². The van der Waals surface area contributed by atoms with Crippen LogP contribution in [0.5, 0.6) is 5.75 Å². The van der Waals surface area contributed by atoms with E-state index in [4.69, 9.17) is 0 Å². The molecule has 1 aromatic rings. The van der Waals surface area contributed by atoms with E-state index in [-0.39, 0.29) is 29.7 Å². The van der Waals surface area contributed by atoms with Gasteiger partial charge in [0.1, 0.15) is 22.8 Å². The number of phenolic OH excluding ortho intramolecular Hbond substituents is 1. The Morgan fingerprint density at radius 1 is 1.12 bits per heavy atom. The fourth-order valence-corrected chi connectivity index (χ4v) is 6.97. The molecular weight excluding hydrogens is 627 g/mol. The molecule has 40 heavy (non-hydrogen) atoms. The van der Waals surface area contributed by atoms with Crippen molar-refractivity contribution in [2.45, 2.75) is 64.5 Å². The molecule has 4 rings (SSSR count). The van der Waals surface area contributed by atoms with Crippen LogP contribution in [-0.2, 0) is 27.2 Å². The Kier molecular flexibility index (Phi) is 8.32. The molecular formula is C30H39IN2O7. The van der Waals surface area contributed by atoms with Gasteiger partial charge in [-0.05, 0) is 75.4 Å². The quantitative estimate of drug-likeness (QED) is 0.195. The lowest BCUT2D eigenvalue weighted by Crippen LogP contribution is -2.65. The number of carbonyl (C=O) groups excluding carboxylic acids is 3. The average molecular weight is 667 g/mol. The number of benzene rings is 1. The monoisotopic (exact) mass is 666 g/mol. The zero-order valence-electron chi connectivity index (χ0n) is 23.9. The predicted octanol–water partition coefficient (Wildman–Crippen LogP) is 3.70. The minimum absolute atomic E-state index is 0.0683. The highest BCUT2D eigenvalue weighted by Crippen LogP contribution is 2.53. The molecule has 0 radical (unpaired) electrons. The molecule has 0 bridgehead atoms. The van der Waals surface area contributed by atoms with E-state index < -0.39 is 63.3 Å². The second-order valence-electron chi connectivity index (χ2n) is 12.8. The normalized spacial score (nSPS) is 26.8. The summed E-state index contributed by atoms with van der Waals surface area (Å²) >= 11 is 2.21. The topological polar surface area (TPSA) is 139 Å². The fourth-order valence-electron chi connectivity index (χ4n) is 6.63. The highest BCUT2D eigenvalue weighted by Gasteiger charge is 2.64. The number of carbonyl (C=O) groups is 3. The van der Waals surface area contributed by atoms with E-state index in [1.807, 2.05) is 37.0 Å². The molecule has 0 heterocycles. The maximum Gasteiger partial charge on any atom is 0.202 e. The summed E-state index contributed by atoms with van der Waals surface area (Å²) in [5, 5.41) is 45.5. The molecule has 10 heteroatoms. The highest BCUT2D eigenvalue weighted by atomic mass is 127. The molecule has 3 aliphatic rings. The zero-order chi connectivity index (χ0) is 29.9. The first-order valence-electron chi connectivity index (χ1n) is 13.6. The first kappa shape index (κ1) is 30.7. The number of rotatable bonds is 7. The maximum absolute atomic E-state index is 14.1. The van der Waals surface area contributed by atoms with Gasteiger partial charge in [-0.3, -0.25) is 22.4 Å². The van der Waals surface area contributed by atoms with E-state index in [0.29, 0.717) is 12.8 Å². The third-order valence-electron chi connectivity index (χ3n) is 8.34. The summed E-state index contributed by atoms with van der Waals surface area (Å²) in [6.07, 6.45) is 1.92. The van der Waals surface area contributed by atoms with Crippen molar-refractivity contribution in [1.29, 1.82) is 0 Å². The SMILES string of the molecule is CN(I)CCCc1ccc(O)c2c1C[C@H]1C[C@H]3[C@H](N(C)C)C(=O)C(C(=O)CC(C)(C)C)=C(O)[C@@]3(O)C(=O)C1=C2O. The van der Waals surface area contributed by atoms with Crippen molar-refractivity contribution in [2.24, 2.45) is 17.3 Å². The molecule has 0 amide bonds. The Morgan fingerprint density at radius 3 is 2.35 bits per heavy atom. The molecule has 1 fully saturated rings. The summed E-state index contributed by atoms with van der Waals surface area (Å²) in [5.41, 5.74) is -1.87. The first-order valence-corrected chi connectivity index (χ1v) is 14.6. The van der Waals surface area contributed by atoms with Gasteiger partial charge in [0, 0.05) is 47.3 Å². The maximum atomic E-state index is 14.1. The Bertz CT molecular complexity index is 1320.